The third-order valence-electron chi connectivity index (χ3n) is 6.72. The summed E-state index contributed by atoms with van der Waals surface area (Å²) < 4.78 is 25.2. The molecule has 1 amide bonds. The maximum Gasteiger partial charge on any atom is 0.301 e. The van der Waals surface area contributed by atoms with Gasteiger partial charge >= 0.3 is 5.91 Å². The average molecular weight is 620 g/mol. The number of hydrogen-bond donors (Lipinski definition) is 1. The van der Waals surface area contributed by atoms with E-state index in [0.717, 1.165) is 29.7 Å². The van der Waals surface area contributed by atoms with E-state index >= 15 is 0 Å². The normalized spacial score (nSPS) is 16.1. The number of halogens is 1. The second-order valence-electron chi connectivity index (χ2n) is 9.66. The van der Waals surface area contributed by atoms with E-state index in [2.05, 4.69) is 17.1 Å². The summed E-state index contributed by atoms with van der Waals surface area (Å²) in [7, 11) is 0. The maximum atomic E-state index is 13.5. The number of aliphatic hydroxyl groups is 1. The Bertz CT molecular complexity index is 1610. The monoisotopic (exact) mass is 619 g/mol. The number of anilines is 1. The Morgan fingerprint density at radius 1 is 0.953 bits per heavy atom. The van der Waals surface area contributed by atoms with Gasteiger partial charge in [-0.25, -0.2) is 4.39 Å². The van der Waals surface area contributed by atoms with Crippen LogP contribution in [-0.2, 0) is 15.3 Å². The Labute approximate surface area is 257 Å². The number of carbonyl (C=O) groups excluding carboxylic acids is 2. The summed E-state index contributed by atoms with van der Waals surface area (Å²) in [5.41, 5.74) is 1.83. The van der Waals surface area contributed by atoms with E-state index < -0.39 is 17.7 Å². The first-order valence-corrected chi connectivity index (χ1v) is 15.7. The number of ether oxygens (including phenoxy) is 2. The molecule has 0 aliphatic carbocycles. The number of ketones is 1. The second-order valence-corrected chi connectivity index (χ2v) is 11.8. The summed E-state index contributed by atoms with van der Waals surface area (Å²) in [4.78, 5) is 28.3. The molecular weight excluding hydrogens is 590 g/mol. The van der Waals surface area contributed by atoms with Crippen LogP contribution in [-0.4, -0.2) is 40.2 Å². The molecule has 8 nitrogen and oxygen atoms in total. The van der Waals surface area contributed by atoms with E-state index in [1.165, 1.54) is 28.8 Å². The number of hydrogen-bond acceptors (Lipinski definition) is 9. The number of unbranched alkanes of at least 4 members (excludes halogenated alkanes) is 1. The third-order valence-corrected chi connectivity index (χ3v) is 8.85. The van der Waals surface area contributed by atoms with Crippen LogP contribution in [0.4, 0.5) is 9.52 Å². The van der Waals surface area contributed by atoms with Crippen molar-refractivity contribution in [3.05, 3.63) is 101 Å². The van der Waals surface area contributed by atoms with Crippen LogP contribution in [0.15, 0.2) is 82.7 Å². The molecule has 1 atom stereocenters. The summed E-state index contributed by atoms with van der Waals surface area (Å²) in [6.07, 6.45) is 1.93. The molecule has 43 heavy (non-hydrogen) atoms. The highest BCUT2D eigenvalue weighted by Gasteiger charge is 2.48. The molecule has 0 spiro atoms. The van der Waals surface area contributed by atoms with Crippen LogP contribution in [0.5, 0.6) is 11.5 Å². The van der Waals surface area contributed by atoms with Gasteiger partial charge in [-0.3, -0.25) is 14.5 Å². The van der Waals surface area contributed by atoms with Crippen molar-refractivity contribution in [1.29, 1.82) is 0 Å². The highest BCUT2D eigenvalue weighted by atomic mass is 32.2. The minimum atomic E-state index is -0.945. The van der Waals surface area contributed by atoms with Gasteiger partial charge < -0.3 is 14.6 Å². The minimum Gasteiger partial charge on any atom is -0.507 e. The van der Waals surface area contributed by atoms with Crippen LogP contribution in [0, 0.1) is 5.82 Å². The molecule has 1 saturated heterocycles. The Morgan fingerprint density at radius 3 is 2.30 bits per heavy atom. The first kappa shape index (κ1) is 30.2. The third kappa shape index (κ3) is 6.89. The Morgan fingerprint density at radius 2 is 1.63 bits per heavy atom. The number of nitrogens with zero attached hydrogens (tertiary/aromatic N) is 3. The standard InChI is InChI=1S/C32H30FN3O5S2/c1-3-5-18-41-25-16-10-22(11-17-25)28(37)26-27(21-8-14-24(15-9-21)40-4-2)36(30(39)29(26)38)31-34-35-32(43-31)42-19-20-6-12-23(33)13-7-20/h6-17,27,37H,3-5,18-19H2,1-2H3/t27-/m1/s1. The maximum absolute atomic E-state index is 13.5. The number of aliphatic hydroxyl groups excluding tert-OH is 1. The highest BCUT2D eigenvalue weighted by molar-refractivity contribution is 8.00. The SMILES string of the molecule is CCCCOc1ccc(C(O)=C2C(=O)C(=O)N(c3nnc(SCc4ccc(F)cc4)s3)[C@@H]2c2ccc(OCC)cc2)cc1. The van der Waals surface area contributed by atoms with Crippen LogP contribution in [0.1, 0.15) is 49.4 Å². The van der Waals surface area contributed by atoms with E-state index in [1.54, 1.807) is 60.7 Å². The predicted molar refractivity (Wildman–Crippen MR) is 165 cm³/mol. The van der Waals surface area contributed by atoms with Crippen molar-refractivity contribution in [1.82, 2.24) is 10.2 Å². The summed E-state index contributed by atoms with van der Waals surface area (Å²) in [6.45, 7) is 5.02. The summed E-state index contributed by atoms with van der Waals surface area (Å²) in [6, 6.07) is 19.0. The topological polar surface area (TPSA) is 102 Å². The number of benzene rings is 3. The van der Waals surface area contributed by atoms with Crippen molar-refractivity contribution >= 4 is 45.7 Å². The summed E-state index contributed by atoms with van der Waals surface area (Å²) in [5, 5.41) is 20.1. The quantitative estimate of drug-likeness (QED) is 0.0445. The number of rotatable bonds is 12. The van der Waals surface area contributed by atoms with Gasteiger partial charge in [0.1, 0.15) is 23.1 Å². The number of aromatic nitrogens is 2. The van der Waals surface area contributed by atoms with Gasteiger partial charge in [-0.15, -0.1) is 10.2 Å². The van der Waals surface area contributed by atoms with Gasteiger partial charge in [0.2, 0.25) is 5.13 Å². The van der Waals surface area contributed by atoms with Crippen LogP contribution < -0.4 is 14.4 Å². The molecule has 0 bridgehead atoms. The van der Waals surface area contributed by atoms with E-state index in [1.807, 2.05) is 6.92 Å². The molecule has 0 unspecified atom stereocenters. The van der Waals surface area contributed by atoms with Crippen molar-refractivity contribution < 1.29 is 28.6 Å². The van der Waals surface area contributed by atoms with Gasteiger partial charge in [-0.1, -0.05) is 60.7 Å². The molecule has 4 aromatic rings. The van der Waals surface area contributed by atoms with Gasteiger partial charge in [-0.05, 0) is 73.0 Å². The van der Waals surface area contributed by atoms with Crippen molar-refractivity contribution in [2.45, 2.75) is 42.8 Å². The lowest BCUT2D eigenvalue weighted by Crippen LogP contribution is -2.29. The molecule has 11 heteroatoms. The van der Waals surface area contributed by atoms with Crippen molar-refractivity contribution in [3.8, 4) is 11.5 Å². The smallest absolute Gasteiger partial charge is 0.301 e. The first-order valence-electron chi connectivity index (χ1n) is 13.9. The summed E-state index contributed by atoms with van der Waals surface area (Å²) in [5.74, 6) is -0.441. The van der Waals surface area contributed by atoms with Gasteiger partial charge in [0.15, 0.2) is 4.34 Å². The van der Waals surface area contributed by atoms with Gasteiger partial charge in [0.25, 0.3) is 5.78 Å². The van der Waals surface area contributed by atoms with Crippen molar-refractivity contribution in [3.63, 3.8) is 0 Å². The van der Waals surface area contributed by atoms with Gasteiger partial charge in [0, 0.05) is 11.3 Å². The number of thioether (sulfide) groups is 1. The average Bonchev–Trinajstić information content (AvgIpc) is 3.59. The Hall–Kier alpha value is -4.22. The summed E-state index contributed by atoms with van der Waals surface area (Å²) >= 11 is 2.55. The first-order chi connectivity index (χ1) is 20.9. The van der Waals surface area contributed by atoms with Gasteiger partial charge in [-0.2, -0.15) is 0 Å². The van der Waals surface area contributed by atoms with Crippen molar-refractivity contribution in [2.75, 3.05) is 18.1 Å². The number of amides is 1. The Balaban J connectivity index is 1.48. The van der Waals surface area contributed by atoms with Crippen LogP contribution in [0.2, 0.25) is 0 Å². The van der Waals surface area contributed by atoms with Crippen LogP contribution >= 0.6 is 23.1 Å². The Kier molecular flexibility index (Phi) is 9.73. The van der Waals surface area contributed by atoms with Crippen LogP contribution in [0.3, 0.4) is 0 Å². The van der Waals surface area contributed by atoms with E-state index in [-0.39, 0.29) is 22.3 Å². The molecule has 5 rings (SSSR count). The molecular formula is C32H30FN3O5S2. The lowest BCUT2D eigenvalue weighted by molar-refractivity contribution is -0.132. The second kappa shape index (κ2) is 13.8. The fourth-order valence-electron chi connectivity index (χ4n) is 4.54. The molecule has 3 aromatic carbocycles. The molecule has 2 heterocycles. The molecule has 222 valence electrons. The molecule has 1 N–H and O–H groups in total. The number of Topliss-reactive ketones (excluding diaryl/α,β-unsaturated/α-hetero) is 1. The fraction of sp³-hybridized carbons (Fsp3) is 0.250. The van der Waals surface area contributed by atoms with Crippen molar-refractivity contribution in [2.24, 2.45) is 0 Å². The fourth-order valence-corrected chi connectivity index (χ4v) is 6.36. The molecule has 1 aromatic heterocycles. The largest absolute Gasteiger partial charge is 0.507 e. The van der Waals surface area contributed by atoms with Gasteiger partial charge in [0.05, 0.1) is 24.8 Å². The zero-order valence-electron chi connectivity index (χ0n) is 23.7. The van der Waals surface area contributed by atoms with E-state index in [9.17, 15) is 19.1 Å². The molecule has 1 aliphatic heterocycles. The van der Waals surface area contributed by atoms with E-state index in [4.69, 9.17) is 9.47 Å². The minimum absolute atomic E-state index is 0.0514. The molecule has 1 aliphatic rings. The predicted octanol–water partition coefficient (Wildman–Crippen LogP) is 7.17. The number of carbonyl (C=O) groups is 2. The zero-order chi connectivity index (χ0) is 30.3. The lowest BCUT2D eigenvalue weighted by atomic mass is 9.95. The lowest BCUT2D eigenvalue weighted by Gasteiger charge is -2.22. The van der Waals surface area contributed by atoms with E-state index in [0.29, 0.717) is 45.9 Å². The van der Waals surface area contributed by atoms with Crippen LogP contribution in [0.25, 0.3) is 5.76 Å². The zero-order valence-corrected chi connectivity index (χ0v) is 25.3. The molecule has 0 radical (unpaired) electrons. The molecule has 1 fully saturated rings. The molecule has 0 saturated carbocycles. The highest BCUT2D eigenvalue weighted by Crippen LogP contribution is 2.44.